The van der Waals surface area contributed by atoms with Crippen molar-refractivity contribution in [3.8, 4) is 16.3 Å². The van der Waals surface area contributed by atoms with Crippen molar-refractivity contribution in [1.29, 1.82) is 0 Å². The third-order valence-corrected chi connectivity index (χ3v) is 5.60. The van der Waals surface area contributed by atoms with E-state index in [0.717, 1.165) is 17.6 Å². The molecule has 2 aromatic carbocycles. The van der Waals surface area contributed by atoms with E-state index in [9.17, 15) is 13.2 Å². The van der Waals surface area contributed by atoms with Gasteiger partial charge in [-0.05, 0) is 42.5 Å². The van der Waals surface area contributed by atoms with Gasteiger partial charge in [0.2, 0.25) is 0 Å². The fourth-order valence-corrected chi connectivity index (χ4v) is 3.72. The van der Waals surface area contributed by atoms with Crippen molar-refractivity contribution in [1.82, 2.24) is 4.98 Å². The monoisotopic (exact) mass is 388 g/mol. The van der Waals surface area contributed by atoms with Crippen molar-refractivity contribution >= 4 is 32.8 Å². The van der Waals surface area contributed by atoms with Gasteiger partial charge in [-0.1, -0.05) is 6.07 Å². The van der Waals surface area contributed by atoms with Gasteiger partial charge in [-0.3, -0.25) is 4.79 Å². The van der Waals surface area contributed by atoms with Crippen LogP contribution in [0.15, 0.2) is 58.8 Å². The number of hydrogen-bond acceptors (Lipinski definition) is 6. The maximum Gasteiger partial charge on any atom is 0.275 e. The summed E-state index contributed by atoms with van der Waals surface area (Å²) >= 11 is 1.35. The Labute approximate surface area is 155 Å². The quantitative estimate of drug-likeness (QED) is 0.723. The predicted molar refractivity (Wildman–Crippen MR) is 102 cm³/mol. The molecule has 1 aromatic heterocycles. The lowest BCUT2D eigenvalue weighted by molar-refractivity contribution is 0.102. The van der Waals surface area contributed by atoms with Crippen LogP contribution < -0.4 is 10.1 Å². The van der Waals surface area contributed by atoms with Gasteiger partial charge in [0.15, 0.2) is 9.84 Å². The highest BCUT2D eigenvalue weighted by atomic mass is 32.2. The molecule has 1 heterocycles. The van der Waals surface area contributed by atoms with E-state index < -0.39 is 15.7 Å². The number of ether oxygens (including phenoxy) is 1. The van der Waals surface area contributed by atoms with Crippen LogP contribution in [0, 0.1) is 0 Å². The van der Waals surface area contributed by atoms with Crippen LogP contribution in [-0.4, -0.2) is 32.7 Å². The Morgan fingerprint density at radius 1 is 1.15 bits per heavy atom. The number of anilines is 1. The van der Waals surface area contributed by atoms with Crippen LogP contribution in [0.2, 0.25) is 0 Å². The molecule has 3 aromatic rings. The van der Waals surface area contributed by atoms with Crippen LogP contribution in [0.4, 0.5) is 5.69 Å². The average molecular weight is 388 g/mol. The summed E-state index contributed by atoms with van der Waals surface area (Å²) in [6.45, 7) is 0. The molecule has 26 heavy (non-hydrogen) atoms. The second-order valence-corrected chi connectivity index (χ2v) is 8.39. The number of rotatable bonds is 5. The maximum absolute atomic E-state index is 12.4. The van der Waals surface area contributed by atoms with E-state index in [-0.39, 0.29) is 10.6 Å². The van der Waals surface area contributed by atoms with E-state index in [4.69, 9.17) is 4.74 Å². The van der Waals surface area contributed by atoms with Crippen molar-refractivity contribution < 1.29 is 17.9 Å². The molecule has 0 aliphatic rings. The molecule has 0 aliphatic carbocycles. The van der Waals surface area contributed by atoms with Gasteiger partial charge in [-0.25, -0.2) is 13.4 Å². The molecule has 1 amide bonds. The molecular formula is C18H16N2O4S2. The Morgan fingerprint density at radius 3 is 2.54 bits per heavy atom. The Morgan fingerprint density at radius 2 is 1.88 bits per heavy atom. The van der Waals surface area contributed by atoms with Gasteiger partial charge in [0.1, 0.15) is 16.5 Å². The second kappa shape index (κ2) is 7.27. The molecule has 0 radical (unpaired) electrons. The zero-order valence-electron chi connectivity index (χ0n) is 14.1. The standard InChI is InChI=1S/C18H16N2O4S2/c1-24-14-8-6-12(7-9-14)18-20-16(11-25-18)17(21)19-13-4-3-5-15(10-13)26(2,22)23/h3-11H,1-2H3,(H,19,21). The number of benzene rings is 2. The lowest BCUT2D eigenvalue weighted by Crippen LogP contribution is -2.12. The van der Waals surface area contributed by atoms with Crippen LogP contribution in [-0.2, 0) is 9.84 Å². The summed E-state index contributed by atoms with van der Waals surface area (Å²) < 4.78 is 28.4. The Balaban J connectivity index is 1.78. The highest BCUT2D eigenvalue weighted by Crippen LogP contribution is 2.26. The van der Waals surface area contributed by atoms with Crippen molar-refractivity contribution in [3.05, 3.63) is 59.6 Å². The third kappa shape index (κ3) is 4.09. The molecular weight excluding hydrogens is 372 g/mol. The van der Waals surface area contributed by atoms with E-state index in [1.54, 1.807) is 24.6 Å². The molecule has 0 saturated carbocycles. The largest absolute Gasteiger partial charge is 0.497 e. The molecule has 0 bridgehead atoms. The minimum atomic E-state index is -3.34. The molecule has 0 unspecified atom stereocenters. The van der Waals surface area contributed by atoms with Gasteiger partial charge < -0.3 is 10.1 Å². The number of sulfone groups is 1. The number of methoxy groups -OCH3 is 1. The van der Waals surface area contributed by atoms with Crippen LogP contribution >= 0.6 is 11.3 Å². The van der Waals surface area contributed by atoms with E-state index >= 15 is 0 Å². The predicted octanol–water partition coefficient (Wildman–Crippen LogP) is 3.47. The van der Waals surface area contributed by atoms with Crippen LogP contribution in [0.3, 0.4) is 0 Å². The smallest absolute Gasteiger partial charge is 0.275 e. The number of hydrogen-bond donors (Lipinski definition) is 1. The molecule has 6 nitrogen and oxygen atoms in total. The van der Waals surface area contributed by atoms with Crippen LogP contribution in [0.25, 0.3) is 10.6 Å². The summed E-state index contributed by atoms with van der Waals surface area (Å²) in [5, 5.41) is 5.05. The van der Waals surface area contributed by atoms with Gasteiger partial charge in [0, 0.05) is 22.9 Å². The van der Waals surface area contributed by atoms with Gasteiger partial charge >= 0.3 is 0 Å². The van der Waals surface area contributed by atoms with Gasteiger partial charge in [0.05, 0.1) is 12.0 Å². The molecule has 0 spiro atoms. The number of thiazole rings is 1. The molecule has 0 atom stereocenters. The SMILES string of the molecule is COc1ccc(-c2nc(C(=O)Nc3cccc(S(C)(=O)=O)c3)cs2)cc1. The first-order valence-electron chi connectivity index (χ1n) is 7.58. The highest BCUT2D eigenvalue weighted by Gasteiger charge is 2.14. The van der Waals surface area contributed by atoms with E-state index in [1.165, 1.54) is 23.5 Å². The lowest BCUT2D eigenvalue weighted by Gasteiger charge is -2.05. The zero-order valence-corrected chi connectivity index (χ0v) is 15.7. The van der Waals surface area contributed by atoms with Gasteiger partial charge in [0.25, 0.3) is 5.91 Å². The molecule has 0 saturated heterocycles. The molecule has 0 aliphatic heterocycles. The molecule has 1 N–H and O–H groups in total. The van der Waals surface area contributed by atoms with Crippen molar-refractivity contribution in [2.24, 2.45) is 0 Å². The summed E-state index contributed by atoms with van der Waals surface area (Å²) in [6, 6.07) is 13.5. The molecule has 8 heteroatoms. The van der Waals surface area contributed by atoms with Crippen LogP contribution in [0.5, 0.6) is 5.75 Å². The maximum atomic E-state index is 12.4. The minimum absolute atomic E-state index is 0.146. The number of amides is 1. The fourth-order valence-electron chi connectivity index (χ4n) is 2.24. The van der Waals surface area contributed by atoms with E-state index in [2.05, 4.69) is 10.3 Å². The van der Waals surface area contributed by atoms with Crippen molar-refractivity contribution in [2.45, 2.75) is 4.90 Å². The van der Waals surface area contributed by atoms with Gasteiger partial charge in [-0.2, -0.15) is 0 Å². The Hall–Kier alpha value is -2.71. The number of aromatic nitrogens is 1. The van der Waals surface area contributed by atoms with E-state index in [0.29, 0.717) is 10.7 Å². The molecule has 134 valence electrons. The summed E-state index contributed by atoms with van der Waals surface area (Å²) in [4.78, 5) is 16.9. The normalized spacial score (nSPS) is 11.2. The molecule has 0 fully saturated rings. The summed E-state index contributed by atoms with van der Waals surface area (Å²) in [5.74, 6) is 0.348. The first-order chi connectivity index (χ1) is 12.4. The third-order valence-electron chi connectivity index (χ3n) is 3.59. The lowest BCUT2D eigenvalue weighted by atomic mass is 10.2. The minimum Gasteiger partial charge on any atom is -0.497 e. The van der Waals surface area contributed by atoms with Crippen molar-refractivity contribution in [3.63, 3.8) is 0 Å². The topological polar surface area (TPSA) is 85.4 Å². The van der Waals surface area contributed by atoms with Crippen molar-refractivity contribution in [2.75, 3.05) is 18.7 Å². The van der Waals surface area contributed by atoms with Crippen LogP contribution in [0.1, 0.15) is 10.5 Å². The Bertz CT molecular complexity index is 1040. The zero-order chi connectivity index (χ0) is 18.7. The number of carbonyl (C=O) groups excluding carboxylic acids is 1. The number of nitrogens with zero attached hydrogens (tertiary/aromatic N) is 1. The highest BCUT2D eigenvalue weighted by molar-refractivity contribution is 7.90. The summed E-state index contributed by atoms with van der Waals surface area (Å²) in [6.07, 6.45) is 1.12. The summed E-state index contributed by atoms with van der Waals surface area (Å²) in [5.41, 5.74) is 1.55. The number of carbonyl (C=O) groups is 1. The summed E-state index contributed by atoms with van der Waals surface area (Å²) in [7, 11) is -1.74. The first-order valence-corrected chi connectivity index (χ1v) is 10.4. The fraction of sp³-hybridized carbons (Fsp3) is 0.111. The second-order valence-electron chi connectivity index (χ2n) is 5.52. The first kappa shape index (κ1) is 18.1. The van der Waals surface area contributed by atoms with Gasteiger partial charge in [-0.15, -0.1) is 11.3 Å². The number of nitrogens with one attached hydrogen (secondary N) is 1. The molecule has 3 rings (SSSR count). The van der Waals surface area contributed by atoms with E-state index in [1.807, 2.05) is 24.3 Å². The Kier molecular flexibility index (Phi) is 5.06. The average Bonchev–Trinajstić information content (AvgIpc) is 3.11.